The number of allylic oxidation sites excluding steroid dienone is 9. The Morgan fingerprint density at radius 3 is 2.37 bits per heavy atom. The van der Waals surface area contributed by atoms with Crippen molar-refractivity contribution in [2.24, 2.45) is 17.8 Å². The highest BCUT2D eigenvalue weighted by Crippen LogP contribution is 2.50. The molecule has 0 bridgehead atoms. The summed E-state index contributed by atoms with van der Waals surface area (Å²) in [4.78, 5) is 7.61. The fourth-order valence-corrected chi connectivity index (χ4v) is 11.2. The number of dihydropyridines is 1. The molecule has 11 rings (SSSR count). The van der Waals surface area contributed by atoms with Crippen molar-refractivity contribution in [1.29, 1.82) is 15.8 Å². The largest absolute Gasteiger partial charge is 0.348 e. The number of aromatic nitrogens is 2. The second-order valence-corrected chi connectivity index (χ2v) is 17.3. The van der Waals surface area contributed by atoms with Crippen molar-refractivity contribution in [3.63, 3.8) is 0 Å². The van der Waals surface area contributed by atoms with E-state index in [0.29, 0.717) is 0 Å². The number of nitriles is 3. The summed E-state index contributed by atoms with van der Waals surface area (Å²) in [6.45, 7) is 0. The molecule has 7 nitrogen and oxygen atoms in total. The van der Waals surface area contributed by atoms with Crippen LogP contribution in [0.5, 0.6) is 0 Å². The maximum atomic E-state index is 10.2. The number of benzene rings is 3. The van der Waals surface area contributed by atoms with Gasteiger partial charge in [-0.1, -0.05) is 109 Å². The third-order valence-electron chi connectivity index (χ3n) is 14.0. The molecule has 7 heteroatoms. The van der Waals surface area contributed by atoms with Gasteiger partial charge in [0.05, 0.1) is 36.1 Å². The van der Waals surface area contributed by atoms with Gasteiger partial charge in [-0.25, -0.2) is 4.98 Å². The summed E-state index contributed by atoms with van der Waals surface area (Å²) in [5.41, 5.74) is 14.8. The number of hydrogen-bond donors (Lipinski definition) is 1. The summed E-state index contributed by atoms with van der Waals surface area (Å²) in [7, 11) is 0. The average molecular weight is 804 g/mol. The van der Waals surface area contributed by atoms with Gasteiger partial charge in [0.1, 0.15) is 17.6 Å². The van der Waals surface area contributed by atoms with Crippen molar-refractivity contribution in [2.75, 3.05) is 0 Å². The lowest BCUT2D eigenvalue weighted by atomic mass is 9.76. The standard InChI is InChI=1S/C55H45N7/c56-32-35-23-25-51-48(28-35)49-29-36(33-57)24-26-52(49)61(51)53-30-38(31-54(60-53)62-50-22-10-9-20-46(50)47-21-11-27-59-55(47)62)40-14-3-4-16-42(40)44-18-7-8-19-45(44)43-17-6-5-15-41(43)39-13-2-1-12-37(39)34-58/h1-9,11-12,14-21,23,25,27,30-31,35-36,39,48,51,53,60H,10,13,22,24,26,28-29H2. The molecule has 4 heterocycles. The molecule has 0 amide bonds. The summed E-state index contributed by atoms with van der Waals surface area (Å²) in [6, 6.07) is 37.9. The topological polar surface area (TPSA) is 104 Å². The minimum absolute atomic E-state index is 0.00674. The van der Waals surface area contributed by atoms with E-state index in [0.717, 1.165) is 106 Å². The lowest BCUT2D eigenvalue weighted by Gasteiger charge is -2.41. The van der Waals surface area contributed by atoms with Crippen molar-refractivity contribution >= 4 is 28.5 Å². The Balaban J connectivity index is 1.10. The Bertz CT molecular complexity index is 3020. The number of fused-ring (bicyclic) bond motifs is 5. The summed E-state index contributed by atoms with van der Waals surface area (Å²) >= 11 is 0. The number of pyridine rings is 1. The quantitative estimate of drug-likeness (QED) is 0.171. The fourth-order valence-electron chi connectivity index (χ4n) is 11.2. The summed E-state index contributed by atoms with van der Waals surface area (Å²) in [5, 5.41) is 35.6. The normalized spacial score (nSPS) is 24.7. The van der Waals surface area contributed by atoms with Crippen molar-refractivity contribution in [2.45, 2.75) is 63.1 Å². The highest BCUT2D eigenvalue weighted by Gasteiger charge is 2.46. The first-order valence-electron chi connectivity index (χ1n) is 22.0. The molecular weight excluding hydrogens is 759 g/mol. The van der Waals surface area contributed by atoms with Crippen LogP contribution in [0.25, 0.3) is 50.8 Å². The van der Waals surface area contributed by atoms with Crippen molar-refractivity contribution in [1.82, 2.24) is 19.8 Å². The molecule has 0 radical (unpaired) electrons. The molecule has 300 valence electrons. The smallest absolute Gasteiger partial charge is 0.146 e. The molecular formula is C55H45N7. The Morgan fingerprint density at radius 2 is 1.56 bits per heavy atom. The summed E-state index contributed by atoms with van der Waals surface area (Å²) < 4.78 is 2.36. The van der Waals surface area contributed by atoms with E-state index in [1.807, 2.05) is 24.4 Å². The van der Waals surface area contributed by atoms with Crippen LogP contribution < -0.4 is 5.32 Å². The van der Waals surface area contributed by atoms with E-state index >= 15 is 0 Å². The molecule has 2 aromatic heterocycles. The van der Waals surface area contributed by atoms with Gasteiger partial charge in [-0.15, -0.1) is 0 Å². The average Bonchev–Trinajstić information content (AvgIpc) is 3.86. The van der Waals surface area contributed by atoms with Crippen LogP contribution in [0.1, 0.15) is 66.8 Å². The van der Waals surface area contributed by atoms with E-state index < -0.39 is 0 Å². The SMILES string of the molecule is N#CC1=CC=CCC1c1ccccc1-c1ccccc1-c1ccccc1C1=CC(N2C3=C(CC(C#N)CC3)C3CC(C#N)C=CC32)NC(n2c3c(c4cccnc42)C=CCC3)=C1. The Morgan fingerprint density at radius 1 is 0.790 bits per heavy atom. The van der Waals surface area contributed by atoms with Gasteiger partial charge < -0.3 is 10.2 Å². The maximum absolute atomic E-state index is 10.2. The Labute approximate surface area is 362 Å². The van der Waals surface area contributed by atoms with E-state index in [9.17, 15) is 15.8 Å². The molecule has 62 heavy (non-hydrogen) atoms. The first-order chi connectivity index (χ1) is 30.6. The zero-order chi connectivity index (χ0) is 41.7. The lowest BCUT2D eigenvalue weighted by molar-refractivity contribution is 0.204. The first kappa shape index (κ1) is 37.6. The highest BCUT2D eigenvalue weighted by molar-refractivity contribution is 5.97. The van der Waals surface area contributed by atoms with E-state index in [4.69, 9.17) is 4.98 Å². The van der Waals surface area contributed by atoms with Gasteiger partial charge in [-0.05, 0) is 120 Å². The predicted molar refractivity (Wildman–Crippen MR) is 246 cm³/mol. The minimum Gasteiger partial charge on any atom is -0.348 e. The van der Waals surface area contributed by atoms with Gasteiger partial charge in [0.25, 0.3) is 0 Å². The van der Waals surface area contributed by atoms with Crippen LogP contribution >= 0.6 is 0 Å². The fraction of sp³-hybridized carbons (Fsp3) is 0.236. The molecule has 6 aliphatic rings. The molecule has 0 saturated heterocycles. The van der Waals surface area contributed by atoms with Crippen LogP contribution in [0.15, 0.2) is 157 Å². The van der Waals surface area contributed by atoms with Crippen LogP contribution in [0.4, 0.5) is 0 Å². The van der Waals surface area contributed by atoms with Gasteiger partial charge in [0.15, 0.2) is 0 Å². The number of nitrogens with one attached hydrogen (secondary N) is 1. The van der Waals surface area contributed by atoms with Gasteiger partial charge in [-0.2, -0.15) is 15.8 Å². The van der Waals surface area contributed by atoms with Gasteiger partial charge in [0.2, 0.25) is 0 Å². The number of nitrogens with zero attached hydrogens (tertiary/aromatic N) is 6. The number of hydrogen-bond acceptors (Lipinski definition) is 6. The van der Waals surface area contributed by atoms with E-state index in [1.165, 1.54) is 22.5 Å². The van der Waals surface area contributed by atoms with E-state index in [1.54, 1.807) is 0 Å². The first-order valence-corrected chi connectivity index (χ1v) is 22.0. The van der Waals surface area contributed by atoms with Gasteiger partial charge in [-0.3, -0.25) is 4.57 Å². The lowest BCUT2D eigenvalue weighted by Crippen LogP contribution is -2.49. The van der Waals surface area contributed by atoms with Gasteiger partial charge in [0, 0.05) is 45.9 Å². The predicted octanol–water partition coefficient (Wildman–Crippen LogP) is 11.6. The molecule has 6 unspecified atom stereocenters. The third kappa shape index (κ3) is 6.17. The Hall–Kier alpha value is -7.40. The van der Waals surface area contributed by atoms with E-state index in [2.05, 4.69) is 154 Å². The van der Waals surface area contributed by atoms with Crippen LogP contribution in [-0.2, 0) is 6.42 Å². The molecule has 0 spiro atoms. The van der Waals surface area contributed by atoms with Crippen molar-refractivity contribution < 1.29 is 0 Å². The minimum atomic E-state index is -0.220. The van der Waals surface area contributed by atoms with Gasteiger partial charge >= 0.3 is 0 Å². The molecule has 5 aromatic rings. The van der Waals surface area contributed by atoms with Crippen LogP contribution in [-0.4, -0.2) is 26.7 Å². The Kier molecular flexibility index (Phi) is 9.44. The zero-order valence-electron chi connectivity index (χ0n) is 34.5. The molecule has 6 atom stereocenters. The number of rotatable bonds is 6. The maximum Gasteiger partial charge on any atom is 0.146 e. The van der Waals surface area contributed by atoms with Crippen LogP contribution in [0.2, 0.25) is 0 Å². The molecule has 1 N–H and O–H groups in total. The molecule has 4 aliphatic carbocycles. The second-order valence-electron chi connectivity index (χ2n) is 17.3. The molecule has 3 aromatic carbocycles. The molecule has 0 saturated carbocycles. The second kappa shape index (κ2) is 15.6. The highest BCUT2D eigenvalue weighted by atomic mass is 15.3. The van der Waals surface area contributed by atoms with E-state index in [-0.39, 0.29) is 35.9 Å². The summed E-state index contributed by atoms with van der Waals surface area (Å²) in [5.74, 6) is 1.00. The molecule has 0 fully saturated rings. The molecule has 2 aliphatic heterocycles. The van der Waals surface area contributed by atoms with Crippen molar-refractivity contribution in [3.8, 4) is 40.5 Å². The zero-order valence-corrected chi connectivity index (χ0v) is 34.5. The van der Waals surface area contributed by atoms with Crippen LogP contribution in [0.3, 0.4) is 0 Å². The summed E-state index contributed by atoms with van der Waals surface area (Å²) in [6.07, 6.45) is 27.2. The van der Waals surface area contributed by atoms with Crippen LogP contribution in [0, 0.1) is 51.7 Å². The third-order valence-corrected chi connectivity index (χ3v) is 14.0. The van der Waals surface area contributed by atoms with Crippen molar-refractivity contribution in [3.05, 3.63) is 179 Å². The monoisotopic (exact) mass is 803 g/mol.